The highest BCUT2D eigenvalue weighted by atomic mass is 16.6. The summed E-state index contributed by atoms with van der Waals surface area (Å²) in [5.74, 6) is 2.73. The fourth-order valence-corrected chi connectivity index (χ4v) is 14.1. The zero-order valence-electron chi connectivity index (χ0n) is 34.3. The Hall–Kier alpha value is -3.70. The van der Waals surface area contributed by atoms with Gasteiger partial charge in [-0.05, 0) is 156 Å². The number of carbonyl (C=O) groups excluding carboxylic acids is 2. The summed E-state index contributed by atoms with van der Waals surface area (Å²) in [4.78, 5) is 31.9. The molecule has 6 fully saturated rings. The van der Waals surface area contributed by atoms with Crippen molar-refractivity contribution in [2.45, 2.75) is 155 Å². The smallest absolute Gasteiger partial charge is 0.311 e. The lowest BCUT2D eigenvalue weighted by molar-refractivity contribution is -0.174. The molecule has 0 unspecified atom stereocenters. The van der Waals surface area contributed by atoms with E-state index in [2.05, 4.69) is 35.1 Å². The summed E-state index contributed by atoms with van der Waals surface area (Å²) < 4.78 is 25.6. The highest BCUT2D eigenvalue weighted by Gasteiger charge is 2.73. The van der Waals surface area contributed by atoms with Gasteiger partial charge in [0.05, 0.1) is 22.0 Å². The van der Waals surface area contributed by atoms with Crippen LogP contribution >= 0.6 is 0 Å². The van der Waals surface area contributed by atoms with Crippen molar-refractivity contribution in [1.82, 2.24) is 9.80 Å². The molecule has 6 aliphatic carbocycles. The molecule has 4 aliphatic heterocycles. The normalized spacial score (nSPS) is 37.2. The Bertz CT molecular complexity index is 2190. The topological polar surface area (TPSA) is 118 Å². The summed E-state index contributed by atoms with van der Waals surface area (Å²) >= 11 is 0. The Labute approximate surface area is 346 Å². The molecular formula is C49H58N2O8. The predicted molar refractivity (Wildman–Crippen MR) is 219 cm³/mol. The van der Waals surface area contributed by atoms with E-state index in [1.807, 2.05) is 12.1 Å². The Balaban J connectivity index is 0.720. The van der Waals surface area contributed by atoms with E-state index in [0.29, 0.717) is 48.7 Å². The van der Waals surface area contributed by atoms with Crippen molar-refractivity contribution >= 4 is 11.9 Å². The van der Waals surface area contributed by atoms with Crippen molar-refractivity contribution < 1.29 is 38.7 Å². The summed E-state index contributed by atoms with van der Waals surface area (Å²) in [6.07, 6.45) is 12.5. The number of piperidine rings is 1. The lowest BCUT2D eigenvalue weighted by atomic mass is 9.48. The maximum Gasteiger partial charge on any atom is 0.311 e. The number of ether oxygens (including phenoxy) is 4. The molecule has 0 aromatic heterocycles. The average molecular weight is 803 g/mol. The summed E-state index contributed by atoms with van der Waals surface area (Å²) in [5.41, 5.74) is 3.41. The zero-order valence-corrected chi connectivity index (χ0v) is 34.3. The molecule has 4 heterocycles. The Kier molecular flexibility index (Phi) is 8.12. The van der Waals surface area contributed by atoms with Crippen LogP contribution in [-0.4, -0.2) is 93.6 Å². The minimum absolute atomic E-state index is 0.0355. The lowest BCUT2D eigenvalue weighted by Crippen LogP contribution is -2.75. The molecule has 4 saturated carbocycles. The predicted octanol–water partition coefficient (Wildman–Crippen LogP) is 6.39. The number of unbranched alkanes of at least 4 members (excludes halogenated alkanes) is 1. The van der Waals surface area contributed by atoms with Crippen LogP contribution in [0, 0.1) is 11.8 Å². The molecule has 12 rings (SSSR count). The van der Waals surface area contributed by atoms with Crippen molar-refractivity contribution in [2.24, 2.45) is 11.8 Å². The minimum Gasteiger partial charge on any atom is -0.481 e. The van der Waals surface area contributed by atoms with Gasteiger partial charge in [0.25, 0.3) is 0 Å². The molecule has 2 N–H and O–H groups in total. The molecular weight excluding hydrogens is 745 g/mol. The average Bonchev–Trinajstić information content (AvgIpc) is 4.15. The van der Waals surface area contributed by atoms with E-state index in [4.69, 9.17) is 18.9 Å². The number of aliphatic hydroxyl groups is 2. The van der Waals surface area contributed by atoms with Gasteiger partial charge in [0.2, 0.25) is 0 Å². The van der Waals surface area contributed by atoms with Gasteiger partial charge in [-0.3, -0.25) is 19.4 Å². The SMILES string of the molecule is C=C1CC[C@@]2(O)[C@H]3Cc4ccc(OC(=O)CCCCC(=O)Oc5ccc6c7c5O[C@H]5C(=C)CC[C@@]8(O)[C@@H](C6)N(CC6CC6)CC[C@]758)c5c4[C@@]2(CCCN3CC2CC2)[C@H]1O5. The maximum atomic E-state index is 13.4. The first-order valence-corrected chi connectivity index (χ1v) is 22.9. The third-order valence-corrected chi connectivity index (χ3v) is 17.1. The number of rotatable bonds is 11. The van der Waals surface area contributed by atoms with Gasteiger partial charge in [-0.25, -0.2) is 0 Å². The summed E-state index contributed by atoms with van der Waals surface area (Å²) in [6, 6.07) is 7.98. The van der Waals surface area contributed by atoms with E-state index in [0.717, 1.165) is 105 Å². The van der Waals surface area contributed by atoms with Crippen molar-refractivity contribution in [3.05, 3.63) is 70.8 Å². The van der Waals surface area contributed by atoms with Crippen LogP contribution in [0.1, 0.15) is 119 Å². The number of carbonyl (C=O) groups is 2. The van der Waals surface area contributed by atoms with Crippen molar-refractivity contribution in [3.8, 4) is 23.0 Å². The minimum atomic E-state index is -0.935. The van der Waals surface area contributed by atoms with Crippen molar-refractivity contribution in [3.63, 3.8) is 0 Å². The van der Waals surface area contributed by atoms with Crippen LogP contribution in [0.3, 0.4) is 0 Å². The van der Waals surface area contributed by atoms with E-state index in [1.54, 1.807) is 0 Å². The van der Waals surface area contributed by atoms with Crippen LogP contribution in [0.5, 0.6) is 23.0 Å². The van der Waals surface area contributed by atoms with Crippen molar-refractivity contribution in [1.29, 1.82) is 0 Å². The van der Waals surface area contributed by atoms with Gasteiger partial charge >= 0.3 is 11.9 Å². The fraction of sp³-hybridized carbons (Fsp3) is 0.633. The molecule has 2 saturated heterocycles. The van der Waals surface area contributed by atoms with E-state index >= 15 is 0 Å². The Morgan fingerprint density at radius 1 is 0.678 bits per heavy atom. The summed E-state index contributed by atoms with van der Waals surface area (Å²) in [5, 5.41) is 25.5. The Morgan fingerprint density at radius 2 is 1.15 bits per heavy atom. The van der Waals surface area contributed by atoms with Gasteiger partial charge in [0.1, 0.15) is 12.2 Å². The first kappa shape index (κ1) is 37.1. The number of benzene rings is 2. The highest BCUT2D eigenvalue weighted by molar-refractivity contribution is 5.77. The molecule has 10 aliphatic rings. The number of nitrogens with zero attached hydrogens (tertiary/aromatic N) is 2. The highest BCUT2D eigenvalue weighted by Crippen LogP contribution is 2.68. The van der Waals surface area contributed by atoms with Crippen LogP contribution in [0.15, 0.2) is 48.6 Å². The number of hydrogen-bond donors (Lipinski definition) is 2. The molecule has 4 bridgehead atoms. The van der Waals surface area contributed by atoms with Crippen LogP contribution < -0.4 is 18.9 Å². The number of likely N-dealkylation sites (tertiary alicyclic amines) is 2. The monoisotopic (exact) mass is 802 g/mol. The van der Waals surface area contributed by atoms with E-state index in [9.17, 15) is 19.8 Å². The van der Waals surface area contributed by atoms with Crippen LogP contribution in [0.4, 0.5) is 0 Å². The second-order valence-corrected chi connectivity index (χ2v) is 20.3. The third-order valence-electron chi connectivity index (χ3n) is 17.1. The molecule has 8 atom stereocenters. The fourth-order valence-electron chi connectivity index (χ4n) is 14.1. The van der Waals surface area contributed by atoms with E-state index in [-0.39, 0.29) is 49.1 Å². The lowest BCUT2D eigenvalue weighted by Gasteiger charge is -2.63. The van der Waals surface area contributed by atoms with Gasteiger partial charge in [0, 0.05) is 49.1 Å². The zero-order chi connectivity index (χ0) is 40.1. The molecule has 2 spiro atoms. The second kappa shape index (κ2) is 12.9. The molecule has 2 aromatic carbocycles. The largest absolute Gasteiger partial charge is 0.481 e. The standard InChI is InChI=1S/C49H58N2O8/c1-28-16-19-48(54)36-24-32-12-14-34(42-40(32)46(48,44(28)58-42)18-5-22-50(36)26-30-8-9-30)56-38(52)6-3-4-7-39(53)57-35-15-13-33-25-37-49(55)20-17-29(2)45-47(49,41(33)43(35)59-45)21-23-51(37)27-31-10-11-31/h12-15,30-31,36-37,44-45,54-55H,1-11,16-27H2/t36-,37-,44+,45+,46+,47+,48-,49-/m1/s1. The van der Waals surface area contributed by atoms with Gasteiger partial charge in [-0.1, -0.05) is 25.3 Å². The van der Waals surface area contributed by atoms with E-state index < -0.39 is 22.0 Å². The molecule has 10 heteroatoms. The van der Waals surface area contributed by atoms with Gasteiger partial charge in [-0.15, -0.1) is 0 Å². The second-order valence-electron chi connectivity index (χ2n) is 20.3. The number of hydrogen-bond acceptors (Lipinski definition) is 10. The molecule has 59 heavy (non-hydrogen) atoms. The van der Waals surface area contributed by atoms with Gasteiger partial charge < -0.3 is 29.2 Å². The van der Waals surface area contributed by atoms with Crippen LogP contribution in [0.25, 0.3) is 0 Å². The number of esters is 2. The van der Waals surface area contributed by atoms with Crippen LogP contribution in [0.2, 0.25) is 0 Å². The molecule has 10 nitrogen and oxygen atoms in total. The summed E-state index contributed by atoms with van der Waals surface area (Å²) in [7, 11) is 0. The summed E-state index contributed by atoms with van der Waals surface area (Å²) in [6.45, 7) is 12.9. The first-order valence-electron chi connectivity index (χ1n) is 22.9. The van der Waals surface area contributed by atoms with Gasteiger partial charge in [0.15, 0.2) is 23.0 Å². The molecule has 2 aromatic rings. The molecule has 0 amide bonds. The third kappa shape index (κ3) is 5.12. The quantitative estimate of drug-likeness (QED) is 0.115. The van der Waals surface area contributed by atoms with E-state index in [1.165, 1.54) is 36.8 Å². The Morgan fingerprint density at radius 3 is 1.64 bits per heavy atom. The van der Waals surface area contributed by atoms with Crippen molar-refractivity contribution in [2.75, 3.05) is 26.2 Å². The molecule has 312 valence electrons. The van der Waals surface area contributed by atoms with Crippen LogP contribution in [-0.2, 0) is 33.3 Å². The molecule has 0 radical (unpaired) electrons. The maximum absolute atomic E-state index is 13.4. The first-order chi connectivity index (χ1) is 28.5. The van der Waals surface area contributed by atoms with Gasteiger partial charge in [-0.2, -0.15) is 0 Å².